The summed E-state index contributed by atoms with van der Waals surface area (Å²) in [7, 11) is 0. The van der Waals surface area contributed by atoms with Gasteiger partial charge in [-0.1, -0.05) is 26.0 Å². The first kappa shape index (κ1) is 14.4. The Kier molecular flexibility index (Phi) is 4.83. The third-order valence-electron chi connectivity index (χ3n) is 3.85. The zero-order valence-electron chi connectivity index (χ0n) is 12.2. The number of nitrogens with two attached hydrogens (primary N) is 1. The lowest BCUT2D eigenvalue weighted by molar-refractivity contribution is 0.356. The first-order chi connectivity index (χ1) is 9.13. The van der Waals surface area contributed by atoms with Gasteiger partial charge in [-0.15, -0.1) is 0 Å². The number of ether oxygens (including phenoxy) is 1. The van der Waals surface area contributed by atoms with Crippen LogP contribution in [0.1, 0.15) is 37.8 Å². The molecule has 0 amide bonds. The first-order valence-corrected chi connectivity index (χ1v) is 7.30. The second-order valence-electron chi connectivity index (χ2n) is 5.98. The van der Waals surface area contributed by atoms with Crippen molar-refractivity contribution in [3.63, 3.8) is 0 Å². The summed E-state index contributed by atoms with van der Waals surface area (Å²) >= 11 is 0. The molecule has 0 fully saturated rings. The molecule has 0 radical (unpaired) electrons. The number of hydrogen-bond acceptors (Lipinski definition) is 3. The zero-order valence-corrected chi connectivity index (χ0v) is 12.2. The standard InChI is InChI=1S/C16H26N2O/c1-16(2,12-18-9-4-3-8-17)14-5-6-15-13(11-14)7-10-19-15/h5-6,11,18H,3-4,7-10,12,17H2,1-2H3. The number of benzene rings is 1. The van der Waals surface area contributed by atoms with Crippen LogP contribution in [0.15, 0.2) is 18.2 Å². The highest BCUT2D eigenvalue weighted by atomic mass is 16.5. The maximum atomic E-state index is 5.56. The van der Waals surface area contributed by atoms with Crippen LogP contribution < -0.4 is 15.8 Å². The van der Waals surface area contributed by atoms with E-state index in [1.165, 1.54) is 11.1 Å². The topological polar surface area (TPSA) is 47.3 Å². The summed E-state index contributed by atoms with van der Waals surface area (Å²) in [6.07, 6.45) is 3.30. The molecule has 3 N–H and O–H groups in total. The van der Waals surface area contributed by atoms with E-state index in [0.717, 1.165) is 51.3 Å². The van der Waals surface area contributed by atoms with E-state index in [-0.39, 0.29) is 5.41 Å². The molecule has 1 heterocycles. The maximum Gasteiger partial charge on any atom is 0.122 e. The summed E-state index contributed by atoms with van der Waals surface area (Å²) in [5, 5.41) is 3.54. The number of rotatable bonds is 7. The van der Waals surface area contributed by atoms with E-state index in [2.05, 4.69) is 37.4 Å². The first-order valence-electron chi connectivity index (χ1n) is 7.30. The van der Waals surface area contributed by atoms with Crippen LogP contribution in [0.4, 0.5) is 0 Å². The Morgan fingerprint density at radius 2 is 2.16 bits per heavy atom. The van der Waals surface area contributed by atoms with Gasteiger partial charge in [0.15, 0.2) is 0 Å². The van der Waals surface area contributed by atoms with Crippen LogP contribution in [0, 0.1) is 0 Å². The predicted molar refractivity (Wildman–Crippen MR) is 79.8 cm³/mol. The summed E-state index contributed by atoms with van der Waals surface area (Å²) in [6.45, 7) is 8.25. The molecular formula is C16H26N2O. The monoisotopic (exact) mass is 262 g/mol. The van der Waals surface area contributed by atoms with Gasteiger partial charge in [0.25, 0.3) is 0 Å². The summed E-state index contributed by atoms with van der Waals surface area (Å²) in [6, 6.07) is 6.63. The molecule has 3 nitrogen and oxygen atoms in total. The fraction of sp³-hybridized carbons (Fsp3) is 0.625. The summed E-state index contributed by atoms with van der Waals surface area (Å²) < 4.78 is 5.56. The second-order valence-corrected chi connectivity index (χ2v) is 5.98. The summed E-state index contributed by atoms with van der Waals surface area (Å²) in [4.78, 5) is 0. The lowest BCUT2D eigenvalue weighted by atomic mass is 9.83. The third-order valence-corrected chi connectivity index (χ3v) is 3.85. The van der Waals surface area contributed by atoms with Crippen molar-refractivity contribution in [2.75, 3.05) is 26.2 Å². The van der Waals surface area contributed by atoms with E-state index < -0.39 is 0 Å². The van der Waals surface area contributed by atoms with E-state index >= 15 is 0 Å². The van der Waals surface area contributed by atoms with Crippen molar-refractivity contribution in [3.05, 3.63) is 29.3 Å². The van der Waals surface area contributed by atoms with Crippen LogP contribution in [0.3, 0.4) is 0 Å². The van der Waals surface area contributed by atoms with E-state index in [1.54, 1.807) is 0 Å². The fourth-order valence-electron chi connectivity index (χ4n) is 2.50. The number of unbranched alkanes of at least 4 members (excludes halogenated alkanes) is 1. The van der Waals surface area contributed by atoms with Gasteiger partial charge in [-0.3, -0.25) is 0 Å². The van der Waals surface area contributed by atoms with Crippen LogP contribution in [-0.2, 0) is 11.8 Å². The quantitative estimate of drug-likeness (QED) is 0.741. The molecule has 106 valence electrons. The second kappa shape index (κ2) is 6.40. The van der Waals surface area contributed by atoms with E-state index in [4.69, 9.17) is 10.5 Å². The van der Waals surface area contributed by atoms with Crippen LogP contribution in [0.5, 0.6) is 5.75 Å². The number of fused-ring (bicyclic) bond motifs is 1. The van der Waals surface area contributed by atoms with Gasteiger partial charge >= 0.3 is 0 Å². The highest BCUT2D eigenvalue weighted by molar-refractivity contribution is 5.42. The minimum Gasteiger partial charge on any atom is -0.493 e. The Bertz CT molecular complexity index is 415. The lowest BCUT2D eigenvalue weighted by Crippen LogP contribution is -2.33. The van der Waals surface area contributed by atoms with E-state index in [0.29, 0.717) is 0 Å². The molecule has 0 saturated heterocycles. The van der Waals surface area contributed by atoms with Crippen molar-refractivity contribution in [3.8, 4) is 5.75 Å². The summed E-state index contributed by atoms with van der Waals surface area (Å²) in [5.41, 5.74) is 8.40. The molecule has 19 heavy (non-hydrogen) atoms. The van der Waals surface area contributed by atoms with Crippen LogP contribution >= 0.6 is 0 Å². The van der Waals surface area contributed by atoms with Crippen LogP contribution in [0.25, 0.3) is 0 Å². The van der Waals surface area contributed by atoms with Gasteiger partial charge in [0, 0.05) is 18.4 Å². The van der Waals surface area contributed by atoms with Gasteiger partial charge in [0.2, 0.25) is 0 Å². The Morgan fingerprint density at radius 3 is 2.95 bits per heavy atom. The molecule has 0 saturated carbocycles. The van der Waals surface area contributed by atoms with Crippen molar-refractivity contribution in [2.24, 2.45) is 5.73 Å². The van der Waals surface area contributed by atoms with E-state index in [9.17, 15) is 0 Å². The number of hydrogen-bond donors (Lipinski definition) is 2. The smallest absolute Gasteiger partial charge is 0.122 e. The maximum absolute atomic E-state index is 5.56. The van der Waals surface area contributed by atoms with Crippen molar-refractivity contribution in [1.82, 2.24) is 5.32 Å². The normalized spacial score (nSPS) is 14.3. The van der Waals surface area contributed by atoms with Gasteiger partial charge in [0.1, 0.15) is 5.75 Å². The SMILES string of the molecule is CC(C)(CNCCCCN)c1ccc2c(c1)CCO2. The molecule has 2 rings (SSSR count). The number of nitrogens with one attached hydrogen (secondary N) is 1. The fourth-order valence-corrected chi connectivity index (χ4v) is 2.50. The Labute approximate surface area is 116 Å². The molecule has 0 aromatic heterocycles. The molecule has 1 aliphatic heterocycles. The predicted octanol–water partition coefficient (Wildman–Crippen LogP) is 2.23. The highest BCUT2D eigenvalue weighted by Crippen LogP contribution is 2.31. The third kappa shape index (κ3) is 3.71. The van der Waals surface area contributed by atoms with Crippen molar-refractivity contribution < 1.29 is 4.74 Å². The van der Waals surface area contributed by atoms with Crippen molar-refractivity contribution in [2.45, 2.75) is 38.5 Å². The van der Waals surface area contributed by atoms with Gasteiger partial charge in [-0.05, 0) is 43.1 Å². The van der Waals surface area contributed by atoms with Gasteiger partial charge in [0.05, 0.1) is 6.61 Å². The molecular weight excluding hydrogens is 236 g/mol. The van der Waals surface area contributed by atoms with Crippen molar-refractivity contribution in [1.29, 1.82) is 0 Å². The lowest BCUT2D eigenvalue weighted by Gasteiger charge is -2.26. The molecule has 0 aliphatic carbocycles. The molecule has 0 unspecified atom stereocenters. The highest BCUT2D eigenvalue weighted by Gasteiger charge is 2.22. The molecule has 1 aromatic rings. The van der Waals surface area contributed by atoms with Gasteiger partial charge < -0.3 is 15.8 Å². The molecule has 3 heteroatoms. The van der Waals surface area contributed by atoms with Gasteiger partial charge in [-0.25, -0.2) is 0 Å². The average molecular weight is 262 g/mol. The average Bonchev–Trinajstić information content (AvgIpc) is 2.85. The Morgan fingerprint density at radius 1 is 1.32 bits per heavy atom. The van der Waals surface area contributed by atoms with Crippen molar-refractivity contribution >= 4 is 0 Å². The Hall–Kier alpha value is -1.06. The zero-order chi connectivity index (χ0) is 13.7. The van der Waals surface area contributed by atoms with E-state index in [1.807, 2.05) is 0 Å². The molecule has 0 spiro atoms. The summed E-state index contributed by atoms with van der Waals surface area (Å²) in [5.74, 6) is 1.07. The minimum absolute atomic E-state index is 0.153. The van der Waals surface area contributed by atoms with Crippen LogP contribution in [0.2, 0.25) is 0 Å². The molecule has 0 atom stereocenters. The largest absolute Gasteiger partial charge is 0.493 e. The molecule has 1 aromatic carbocycles. The van der Waals surface area contributed by atoms with Crippen LogP contribution in [-0.4, -0.2) is 26.2 Å². The molecule has 1 aliphatic rings. The Balaban J connectivity index is 1.91. The minimum atomic E-state index is 0.153. The van der Waals surface area contributed by atoms with Gasteiger partial charge in [-0.2, -0.15) is 0 Å². The molecule has 0 bridgehead atoms.